The van der Waals surface area contributed by atoms with Crippen LogP contribution in [0.1, 0.15) is 48.8 Å². The number of fused-ring (bicyclic) bond motifs is 1. The summed E-state index contributed by atoms with van der Waals surface area (Å²) in [5, 5.41) is 4.63. The molecule has 8 nitrogen and oxygen atoms in total. The molecule has 2 aromatic heterocycles. The minimum Gasteiger partial charge on any atom is -0.484 e. The molecule has 2 amide bonds. The van der Waals surface area contributed by atoms with Gasteiger partial charge in [-0.15, -0.1) is 11.3 Å². The van der Waals surface area contributed by atoms with Crippen LogP contribution in [-0.4, -0.2) is 48.5 Å². The third-order valence-electron chi connectivity index (χ3n) is 6.19. The van der Waals surface area contributed by atoms with Crippen molar-refractivity contribution in [1.29, 1.82) is 0 Å². The highest BCUT2D eigenvalue weighted by Crippen LogP contribution is 2.38. The topological polar surface area (TPSA) is 93.9 Å². The van der Waals surface area contributed by atoms with Gasteiger partial charge in [0.25, 0.3) is 11.8 Å². The predicted octanol–water partition coefficient (Wildman–Crippen LogP) is 4.48. The third kappa shape index (κ3) is 5.58. The average molecular weight is 518 g/mol. The van der Waals surface area contributed by atoms with Crippen LogP contribution in [0.5, 0.6) is 5.75 Å². The van der Waals surface area contributed by atoms with Crippen molar-refractivity contribution in [3.05, 3.63) is 105 Å². The van der Waals surface area contributed by atoms with Crippen LogP contribution in [0, 0.1) is 0 Å². The van der Waals surface area contributed by atoms with Gasteiger partial charge < -0.3 is 24.1 Å². The molecule has 0 saturated carbocycles. The van der Waals surface area contributed by atoms with E-state index >= 15 is 0 Å². The Kier molecular flexibility index (Phi) is 7.62. The van der Waals surface area contributed by atoms with E-state index in [-0.39, 0.29) is 30.2 Å². The molecule has 3 heterocycles. The molecule has 1 atom stereocenters. The Hall–Kier alpha value is -3.95. The maximum absolute atomic E-state index is 13.4. The van der Waals surface area contributed by atoms with Crippen molar-refractivity contribution in [3.63, 3.8) is 0 Å². The number of hydrogen-bond acceptors (Lipinski definition) is 7. The van der Waals surface area contributed by atoms with E-state index in [2.05, 4.69) is 16.4 Å². The van der Waals surface area contributed by atoms with E-state index in [4.69, 9.17) is 13.9 Å². The molecule has 1 N–H and O–H groups in total. The molecule has 190 valence electrons. The number of aromatic nitrogens is 1. The quantitative estimate of drug-likeness (QED) is 0.329. The SMILES string of the molecule is COCCNC(=O)c1coc(COc2ccc3c(c2)C(c2ccccc2)N(C(=O)c2cccs2)CC3)n1. The zero-order valence-electron chi connectivity index (χ0n) is 20.4. The largest absolute Gasteiger partial charge is 0.484 e. The van der Waals surface area contributed by atoms with Gasteiger partial charge in [0.05, 0.1) is 17.5 Å². The van der Waals surface area contributed by atoms with Crippen LogP contribution < -0.4 is 10.1 Å². The first kappa shape index (κ1) is 24.7. The van der Waals surface area contributed by atoms with E-state index in [1.54, 1.807) is 7.11 Å². The molecule has 9 heteroatoms. The van der Waals surface area contributed by atoms with Crippen molar-refractivity contribution in [2.45, 2.75) is 19.1 Å². The first-order valence-electron chi connectivity index (χ1n) is 12.0. The molecular formula is C28H27N3O5S. The Morgan fingerprint density at radius 3 is 2.81 bits per heavy atom. The Labute approximate surface area is 218 Å². The van der Waals surface area contributed by atoms with Gasteiger partial charge in [-0.3, -0.25) is 9.59 Å². The second kappa shape index (κ2) is 11.4. The molecule has 1 unspecified atom stereocenters. The zero-order chi connectivity index (χ0) is 25.6. The van der Waals surface area contributed by atoms with Gasteiger partial charge >= 0.3 is 0 Å². The molecule has 0 spiro atoms. The summed E-state index contributed by atoms with van der Waals surface area (Å²) < 4.78 is 16.4. The van der Waals surface area contributed by atoms with Gasteiger partial charge in [0, 0.05) is 20.2 Å². The van der Waals surface area contributed by atoms with Crippen LogP contribution in [0.2, 0.25) is 0 Å². The van der Waals surface area contributed by atoms with Gasteiger partial charge in [-0.05, 0) is 46.7 Å². The monoisotopic (exact) mass is 517 g/mol. The van der Waals surface area contributed by atoms with Crippen molar-refractivity contribution in [1.82, 2.24) is 15.2 Å². The van der Waals surface area contributed by atoms with E-state index in [0.29, 0.717) is 31.3 Å². The van der Waals surface area contributed by atoms with Gasteiger partial charge in [0.15, 0.2) is 12.3 Å². The molecule has 0 bridgehead atoms. The standard InChI is InChI=1S/C28H27N3O5S/c1-34-14-12-29-27(32)23-17-36-25(30-23)18-35-21-10-9-19-11-13-31(28(33)24-8-5-15-37-24)26(22(19)16-21)20-6-3-2-4-7-20/h2-10,15-17,26H,11-14,18H2,1H3,(H,29,32). The van der Waals surface area contributed by atoms with Gasteiger partial charge in [0.2, 0.25) is 5.89 Å². The molecule has 5 rings (SSSR count). The number of methoxy groups -OCH3 is 1. The number of carbonyl (C=O) groups excluding carboxylic acids is 2. The average Bonchev–Trinajstić information content (AvgIpc) is 3.64. The number of rotatable bonds is 9. The van der Waals surface area contributed by atoms with Crippen molar-refractivity contribution in [2.75, 3.05) is 26.8 Å². The van der Waals surface area contributed by atoms with Crippen LogP contribution in [0.25, 0.3) is 0 Å². The highest BCUT2D eigenvalue weighted by Gasteiger charge is 2.33. The second-order valence-electron chi connectivity index (χ2n) is 8.56. The highest BCUT2D eigenvalue weighted by atomic mass is 32.1. The lowest BCUT2D eigenvalue weighted by Gasteiger charge is -2.37. The highest BCUT2D eigenvalue weighted by molar-refractivity contribution is 7.12. The number of hydrogen-bond donors (Lipinski definition) is 1. The number of benzene rings is 2. The fourth-order valence-electron chi connectivity index (χ4n) is 4.42. The molecule has 4 aromatic rings. The second-order valence-corrected chi connectivity index (χ2v) is 9.51. The Bertz CT molecular complexity index is 1350. The van der Waals surface area contributed by atoms with Crippen molar-refractivity contribution in [2.24, 2.45) is 0 Å². The summed E-state index contributed by atoms with van der Waals surface area (Å²) in [7, 11) is 1.57. The van der Waals surface area contributed by atoms with E-state index in [1.807, 2.05) is 64.9 Å². The summed E-state index contributed by atoms with van der Waals surface area (Å²) in [5.74, 6) is 0.622. The minimum absolute atomic E-state index is 0.0249. The molecule has 0 saturated heterocycles. The Morgan fingerprint density at radius 1 is 1.16 bits per heavy atom. The number of carbonyl (C=O) groups is 2. The molecular weight excluding hydrogens is 490 g/mol. The number of oxazole rings is 1. The molecule has 0 aliphatic carbocycles. The summed E-state index contributed by atoms with van der Waals surface area (Å²) in [6.07, 6.45) is 2.07. The van der Waals surface area contributed by atoms with Gasteiger partial charge in [-0.25, -0.2) is 4.98 Å². The molecule has 0 radical (unpaired) electrons. The normalized spacial score (nSPS) is 14.7. The van der Waals surface area contributed by atoms with Crippen molar-refractivity contribution in [3.8, 4) is 5.75 Å². The fourth-order valence-corrected chi connectivity index (χ4v) is 5.10. The molecule has 2 aromatic carbocycles. The first-order valence-corrected chi connectivity index (χ1v) is 12.9. The maximum Gasteiger partial charge on any atom is 0.273 e. The van der Waals surface area contributed by atoms with Crippen LogP contribution in [0.4, 0.5) is 0 Å². The smallest absolute Gasteiger partial charge is 0.273 e. The van der Waals surface area contributed by atoms with Crippen LogP contribution in [0.15, 0.2) is 76.7 Å². The maximum atomic E-state index is 13.4. The molecule has 37 heavy (non-hydrogen) atoms. The van der Waals surface area contributed by atoms with Crippen molar-refractivity contribution < 1.29 is 23.5 Å². The fraction of sp³-hybridized carbons (Fsp3) is 0.250. The Balaban J connectivity index is 1.36. The van der Waals surface area contributed by atoms with E-state index in [1.165, 1.54) is 23.2 Å². The van der Waals surface area contributed by atoms with Gasteiger partial charge in [0.1, 0.15) is 12.0 Å². The molecule has 0 fully saturated rings. The molecule has 1 aliphatic heterocycles. The van der Waals surface area contributed by atoms with E-state index in [0.717, 1.165) is 22.4 Å². The van der Waals surface area contributed by atoms with Gasteiger partial charge in [-0.2, -0.15) is 0 Å². The van der Waals surface area contributed by atoms with E-state index < -0.39 is 0 Å². The summed E-state index contributed by atoms with van der Waals surface area (Å²) in [6.45, 7) is 1.50. The summed E-state index contributed by atoms with van der Waals surface area (Å²) in [5.41, 5.74) is 3.45. The Morgan fingerprint density at radius 2 is 2.03 bits per heavy atom. The van der Waals surface area contributed by atoms with Crippen LogP contribution in [0.3, 0.4) is 0 Å². The number of ether oxygens (including phenoxy) is 2. The first-order chi connectivity index (χ1) is 18.1. The summed E-state index contributed by atoms with van der Waals surface area (Å²) in [6, 6.07) is 19.5. The van der Waals surface area contributed by atoms with Crippen LogP contribution in [-0.2, 0) is 17.8 Å². The predicted molar refractivity (Wildman–Crippen MR) is 139 cm³/mol. The minimum atomic E-state index is -0.331. The number of thiophene rings is 1. The third-order valence-corrected chi connectivity index (χ3v) is 7.05. The van der Waals surface area contributed by atoms with Gasteiger partial charge in [-0.1, -0.05) is 42.5 Å². The lowest BCUT2D eigenvalue weighted by Crippen LogP contribution is -2.40. The number of nitrogens with one attached hydrogen (secondary N) is 1. The number of amides is 2. The lowest BCUT2D eigenvalue weighted by molar-refractivity contribution is 0.0699. The summed E-state index contributed by atoms with van der Waals surface area (Å²) >= 11 is 1.45. The lowest BCUT2D eigenvalue weighted by atomic mass is 9.88. The summed E-state index contributed by atoms with van der Waals surface area (Å²) in [4.78, 5) is 32.5. The number of nitrogens with zero attached hydrogens (tertiary/aromatic N) is 2. The van der Waals surface area contributed by atoms with E-state index in [9.17, 15) is 9.59 Å². The molecule has 1 aliphatic rings. The van der Waals surface area contributed by atoms with Crippen molar-refractivity contribution >= 4 is 23.2 Å². The zero-order valence-corrected chi connectivity index (χ0v) is 21.2. The van der Waals surface area contributed by atoms with Crippen LogP contribution >= 0.6 is 11.3 Å².